The van der Waals surface area contributed by atoms with Gasteiger partial charge in [-0.05, 0) is 43.4 Å². The summed E-state index contributed by atoms with van der Waals surface area (Å²) in [7, 11) is -6.23. The second-order valence-electron chi connectivity index (χ2n) is 5.64. The summed E-state index contributed by atoms with van der Waals surface area (Å²) in [6, 6.07) is -3.18. The summed E-state index contributed by atoms with van der Waals surface area (Å²) in [4.78, 5) is 14.4. The van der Waals surface area contributed by atoms with Crippen LogP contribution in [0.2, 0.25) is 2.82 Å². The van der Waals surface area contributed by atoms with E-state index >= 15 is 0 Å². The summed E-state index contributed by atoms with van der Waals surface area (Å²) in [5.74, 6) is -7.83. The standard InChI is InChI=1S/C20H33FN4O3S/c1-16(2)15-29(27,28)22-6-4-5-7-24-8-10-25(11-9-24)20-13-18(21)12-19(14-20)23-17(3)26/h12-14,16,22H,4-11,15H2,1-3H3,(H,23,26)/i1D3,2D3,3D3,6D2,7D2,12D,13D,14D,15D2,16D/hD2. The smallest absolute Gasteiger partial charge is 0.221 e. The molecule has 164 valence electrons. The molecule has 0 aromatic heterocycles. The van der Waals surface area contributed by atoms with Gasteiger partial charge in [-0.1, -0.05) is 13.7 Å². The van der Waals surface area contributed by atoms with Crippen LogP contribution in [0.5, 0.6) is 0 Å². The molecule has 0 radical (unpaired) electrons. The minimum absolute atomic E-state index is 0.291. The summed E-state index contributed by atoms with van der Waals surface area (Å²) in [6.07, 6.45) is -2.10. The molecule has 2 rings (SSSR count). The van der Waals surface area contributed by atoms with E-state index in [0.29, 0.717) is 0 Å². The SMILES string of the molecule is [2H]c1c(F)c([2H])c(N([2H])C(=O)C([2H])([2H])[2H])c([2H])c1N1CCN(C([2H])([2H])CCC([2H])([2H])N([2H])S(=O)(=O)C([2H])([2H])C([2H])(C([2H])([2H])[2H])C([2H])([2H])[2H])CC1. The van der Waals surface area contributed by atoms with Crippen molar-refractivity contribution in [2.24, 2.45) is 5.89 Å². The second-order valence-corrected chi connectivity index (χ2v) is 6.97. The molecular weight excluding hydrogens is 395 g/mol. The summed E-state index contributed by atoms with van der Waals surface area (Å²) in [5.41, 5.74) is -6.21. The van der Waals surface area contributed by atoms with Gasteiger partial charge in [-0.2, -0.15) is 0 Å². The van der Waals surface area contributed by atoms with Gasteiger partial charge >= 0.3 is 0 Å². The van der Waals surface area contributed by atoms with Crippen LogP contribution < -0.4 is 14.9 Å². The van der Waals surface area contributed by atoms with Crippen molar-refractivity contribution in [2.75, 3.05) is 55.1 Å². The molecule has 1 aliphatic heterocycles. The molecule has 1 fully saturated rings. The van der Waals surface area contributed by atoms with Crippen LogP contribution in [-0.2, 0) is 14.8 Å². The Morgan fingerprint density at radius 2 is 2.10 bits per heavy atom. The first-order valence-electron chi connectivity index (χ1n) is 18.6. The predicted molar refractivity (Wildman–Crippen MR) is 115 cm³/mol. The Balaban J connectivity index is 2.31. The zero-order valence-electron chi connectivity index (χ0n) is 36.0. The minimum Gasteiger partial charge on any atom is -0.369 e. The lowest BCUT2D eigenvalue weighted by Crippen LogP contribution is -2.46. The van der Waals surface area contributed by atoms with Crippen molar-refractivity contribution in [3.8, 4) is 0 Å². The highest BCUT2D eigenvalue weighted by molar-refractivity contribution is 7.89. The molecule has 2 N–H and O–H groups in total. The van der Waals surface area contributed by atoms with Crippen molar-refractivity contribution < 1.29 is 46.5 Å². The van der Waals surface area contributed by atoms with Crippen molar-refractivity contribution in [2.45, 2.75) is 33.4 Å². The van der Waals surface area contributed by atoms with E-state index in [-0.39, 0.29) is 31.5 Å². The number of piperazine rings is 1. The molecule has 1 aromatic carbocycles. The number of amides is 1. The van der Waals surface area contributed by atoms with Crippen LogP contribution in [0.3, 0.4) is 0 Å². The number of carbonyl (C=O) groups is 1. The Bertz CT molecular complexity index is 1540. The van der Waals surface area contributed by atoms with E-state index in [1.54, 1.807) is 0 Å². The van der Waals surface area contributed by atoms with E-state index in [0.717, 1.165) is 4.90 Å². The number of sulfonamides is 1. The quantitative estimate of drug-likeness (QED) is 0.573. The van der Waals surface area contributed by atoms with Crippen LogP contribution in [0, 0.1) is 11.7 Å². The highest BCUT2D eigenvalue weighted by Gasteiger charge is 2.18. The fourth-order valence-electron chi connectivity index (χ4n) is 2.37. The Labute approximate surface area is 203 Å². The lowest BCUT2D eigenvalue weighted by Gasteiger charge is -2.36. The highest BCUT2D eigenvalue weighted by atomic mass is 32.2. The van der Waals surface area contributed by atoms with E-state index < -0.39 is 114 Å². The Kier molecular flexibility index (Phi) is 2.92. The van der Waals surface area contributed by atoms with Gasteiger partial charge in [0, 0.05) is 72.8 Å². The molecule has 1 heterocycles. The van der Waals surface area contributed by atoms with Gasteiger partial charge in [0.15, 0.2) is 1.41 Å². The van der Waals surface area contributed by atoms with Gasteiger partial charge < -0.3 is 10.2 Å². The largest absolute Gasteiger partial charge is 0.369 e. The first-order chi connectivity index (χ1) is 22.0. The number of hydrogen-bond acceptors (Lipinski definition) is 5. The number of rotatable bonds is 10. The monoisotopic (exact) mass is 449 g/mol. The average molecular weight is 450 g/mol. The molecule has 0 spiro atoms. The fraction of sp³-hybridized carbons (Fsp3) is 0.650. The van der Waals surface area contributed by atoms with Crippen LogP contribution in [0.15, 0.2) is 18.1 Å². The summed E-state index contributed by atoms with van der Waals surface area (Å²) in [6.45, 7) is -18.8. The van der Waals surface area contributed by atoms with Gasteiger partial charge in [-0.3, -0.25) is 9.69 Å². The molecule has 1 saturated heterocycles. The number of nitrogens with zero attached hydrogens (tertiary/aromatic N) is 2. The lowest BCUT2D eigenvalue weighted by molar-refractivity contribution is -0.114. The maximum atomic E-state index is 14.9. The van der Waals surface area contributed by atoms with E-state index in [1.807, 2.05) is 0 Å². The highest BCUT2D eigenvalue weighted by Crippen LogP contribution is 2.23. The lowest BCUT2D eigenvalue weighted by atomic mass is 10.2. The normalized spacial score (nSPS) is 29.6. The van der Waals surface area contributed by atoms with Gasteiger partial charge in [0.2, 0.25) is 15.9 Å². The number of anilines is 2. The predicted octanol–water partition coefficient (Wildman–Crippen LogP) is 2.26. The minimum atomic E-state index is -6.23. The third-order valence-electron chi connectivity index (χ3n) is 3.49. The van der Waals surface area contributed by atoms with Gasteiger partial charge in [-0.15, -0.1) is 0 Å². The van der Waals surface area contributed by atoms with E-state index in [4.69, 9.17) is 28.9 Å². The molecule has 1 aromatic rings. The van der Waals surface area contributed by atoms with Crippen molar-refractivity contribution >= 4 is 27.3 Å². The third-order valence-corrected chi connectivity index (χ3v) is 4.32. The van der Waals surface area contributed by atoms with E-state index in [2.05, 4.69) is 0 Å². The van der Waals surface area contributed by atoms with Crippen molar-refractivity contribution in [1.29, 1.82) is 0 Å². The number of hydrogen-bond donors (Lipinski definition) is 2. The molecule has 9 heteroatoms. The third kappa shape index (κ3) is 8.67. The molecule has 0 atom stereocenters. The van der Waals surface area contributed by atoms with Crippen LogP contribution in [0.25, 0.3) is 0 Å². The number of carbonyl (C=O) groups excluding carboxylic acids is 1. The van der Waals surface area contributed by atoms with Gasteiger partial charge in [0.05, 0.1) is 9.82 Å². The Hall–Kier alpha value is -1.71. The molecule has 0 bridgehead atoms. The zero-order valence-corrected chi connectivity index (χ0v) is 15.9. The molecule has 0 saturated carbocycles. The van der Waals surface area contributed by atoms with Gasteiger partial charge in [0.1, 0.15) is 7.23 Å². The maximum absolute atomic E-state index is 14.9. The van der Waals surface area contributed by atoms with Crippen LogP contribution in [0.4, 0.5) is 15.8 Å². The number of halogens is 1. The van der Waals surface area contributed by atoms with Crippen molar-refractivity contribution in [1.82, 2.24) is 9.62 Å². The molecule has 1 aliphatic rings. The molecular formula is C20H33FN4O3S. The van der Waals surface area contributed by atoms with Crippen LogP contribution in [0.1, 0.15) is 59.4 Å². The Morgan fingerprint density at radius 1 is 1.34 bits per heavy atom. The number of nitrogens with one attached hydrogen (secondary N) is 2. The molecule has 7 nitrogen and oxygen atoms in total. The maximum Gasteiger partial charge on any atom is 0.221 e. The first-order valence-corrected chi connectivity index (χ1v) is 9.64. The van der Waals surface area contributed by atoms with Crippen molar-refractivity contribution in [3.05, 3.63) is 23.9 Å². The van der Waals surface area contributed by atoms with E-state index in [1.165, 1.54) is 4.90 Å². The molecule has 0 unspecified atom stereocenters. The summed E-state index contributed by atoms with van der Waals surface area (Å²) < 4.78 is 203. The Morgan fingerprint density at radius 3 is 2.79 bits per heavy atom. The van der Waals surface area contributed by atoms with Crippen molar-refractivity contribution in [3.63, 3.8) is 0 Å². The van der Waals surface area contributed by atoms with Gasteiger partial charge in [-0.25, -0.2) is 17.5 Å². The second kappa shape index (κ2) is 10.9. The average Bonchev–Trinajstić information content (AvgIpc) is 2.96. The molecule has 29 heavy (non-hydrogen) atoms. The van der Waals surface area contributed by atoms with E-state index in [9.17, 15) is 17.6 Å². The topological polar surface area (TPSA) is 81.8 Å². The zero-order chi connectivity index (χ0) is 39.6. The number of benzene rings is 1. The molecule has 1 amide bonds. The fourth-order valence-corrected chi connectivity index (χ4v) is 2.93. The summed E-state index contributed by atoms with van der Waals surface area (Å²) >= 11 is 0. The van der Waals surface area contributed by atoms with Gasteiger partial charge in [0.25, 0.3) is 0 Å². The summed E-state index contributed by atoms with van der Waals surface area (Å²) in [5, 5.41) is -0.343. The van der Waals surface area contributed by atoms with Crippen LogP contribution >= 0.6 is 0 Å². The molecule has 0 aliphatic carbocycles. The first kappa shape index (κ1) is 7.76. The van der Waals surface area contributed by atoms with Crippen LogP contribution in [-0.4, -0.2) is 64.1 Å².